The second kappa shape index (κ2) is 6.24. The van der Waals surface area contributed by atoms with Crippen LogP contribution in [0.5, 0.6) is 0 Å². The first-order valence-corrected chi connectivity index (χ1v) is 4.37. The highest BCUT2D eigenvalue weighted by Crippen LogP contribution is 2.16. The standard InChI is InChI=1S/C10H18O/c1-4-7-8-10(11)9(5-2)6-3/h1,9-11H,5-8H2,2-3H3. The van der Waals surface area contributed by atoms with Crippen molar-refractivity contribution in [2.24, 2.45) is 5.92 Å². The molecule has 0 aliphatic heterocycles. The van der Waals surface area contributed by atoms with Crippen molar-refractivity contribution in [2.45, 2.75) is 45.6 Å². The highest BCUT2D eigenvalue weighted by Gasteiger charge is 2.13. The summed E-state index contributed by atoms with van der Waals surface area (Å²) in [6, 6.07) is 0. The van der Waals surface area contributed by atoms with Gasteiger partial charge in [-0.3, -0.25) is 0 Å². The van der Waals surface area contributed by atoms with Crippen LogP contribution in [0.25, 0.3) is 0 Å². The molecule has 1 N–H and O–H groups in total. The minimum Gasteiger partial charge on any atom is -0.393 e. The van der Waals surface area contributed by atoms with E-state index in [2.05, 4.69) is 19.8 Å². The SMILES string of the molecule is C#CCCC(O)C(CC)CC. The van der Waals surface area contributed by atoms with E-state index in [1.807, 2.05) is 0 Å². The van der Waals surface area contributed by atoms with Gasteiger partial charge in [0.05, 0.1) is 6.10 Å². The summed E-state index contributed by atoms with van der Waals surface area (Å²) in [5.41, 5.74) is 0. The van der Waals surface area contributed by atoms with E-state index in [1.165, 1.54) is 0 Å². The lowest BCUT2D eigenvalue weighted by Crippen LogP contribution is -2.18. The normalized spacial score (nSPS) is 13.0. The smallest absolute Gasteiger partial charge is 0.0577 e. The molecule has 0 aromatic heterocycles. The molecule has 1 unspecified atom stereocenters. The van der Waals surface area contributed by atoms with Gasteiger partial charge in [0.2, 0.25) is 0 Å². The molecule has 0 aromatic carbocycles. The van der Waals surface area contributed by atoms with Gasteiger partial charge in [-0.15, -0.1) is 12.3 Å². The van der Waals surface area contributed by atoms with Crippen molar-refractivity contribution in [3.63, 3.8) is 0 Å². The van der Waals surface area contributed by atoms with Crippen LogP contribution in [0.4, 0.5) is 0 Å². The molecular weight excluding hydrogens is 136 g/mol. The molecule has 0 spiro atoms. The summed E-state index contributed by atoms with van der Waals surface area (Å²) in [6.07, 6.45) is 8.44. The van der Waals surface area contributed by atoms with Gasteiger partial charge in [-0.2, -0.15) is 0 Å². The van der Waals surface area contributed by atoms with Crippen molar-refractivity contribution >= 4 is 0 Å². The first-order valence-electron chi connectivity index (χ1n) is 4.37. The fourth-order valence-electron chi connectivity index (χ4n) is 1.30. The zero-order valence-electron chi connectivity index (χ0n) is 7.51. The van der Waals surface area contributed by atoms with Gasteiger partial charge in [-0.1, -0.05) is 26.7 Å². The predicted molar refractivity (Wildman–Crippen MR) is 48.1 cm³/mol. The van der Waals surface area contributed by atoms with Crippen molar-refractivity contribution < 1.29 is 5.11 Å². The first-order chi connectivity index (χ1) is 5.26. The van der Waals surface area contributed by atoms with Gasteiger partial charge < -0.3 is 5.11 Å². The Morgan fingerprint density at radius 2 is 1.91 bits per heavy atom. The maximum absolute atomic E-state index is 9.54. The van der Waals surface area contributed by atoms with Gasteiger partial charge in [0.15, 0.2) is 0 Å². The fourth-order valence-corrected chi connectivity index (χ4v) is 1.30. The van der Waals surface area contributed by atoms with Crippen LogP contribution < -0.4 is 0 Å². The van der Waals surface area contributed by atoms with E-state index in [-0.39, 0.29) is 6.10 Å². The Bertz CT molecular complexity index is 119. The van der Waals surface area contributed by atoms with Gasteiger partial charge in [-0.05, 0) is 12.3 Å². The summed E-state index contributed by atoms with van der Waals surface area (Å²) in [6.45, 7) is 4.21. The highest BCUT2D eigenvalue weighted by molar-refractivity contribution is 4.85. The predicted octanol–water partition coefficient (Wildman–Crippen LogP) is 2.20. The van der Waals surface area contributed by atoms with Crippen LogP contribution in [-0.2, 0) is 0 Å². The minimum atomic E-state index is -0.193. The summed E-state index contributed by atoms with van der Waals surface area (Å²) in [5, 5.41) is 9.54. The summed E-state index contributed by atoms with van der Waals surface area (Å²) in [7, 11) is 0. The molecule has 0 radical (unpaired) electrons. The van der Waals surface area contributed by atoms with Crippen LogP contribution in [-0.4, -0.2) is 11.2 Å². The Morgan fingerprint density at radius 1 is 1.36 bits per heavy atom. The maximum Gasteiger partial charge on any atom is 0.0577 e. The maximum atomic E-state index is 9.54. The second-order valence-corrected chi connectivity index (χ2v) is 2.89. The second-order valence-electron chi connectivity index (χ2n) is 2.89. The van der Waals surface area contributed by atoms with Crippen molar-refractivity contribution in [2.75, 3.05) is 0 Å². The molecule has 0 saturated heterocycles. The summed E-state index contributed by atoms with van der Waals surface area (Å²) < 4.78 is 0. The summed E-state index contributed by atoms with van der Waals surface area (Å²) in [4.78, 5) is 0. The van der Waals surface area contributed by atoms with E-state index in [1.54, 1.807) is 0 Å². The lowest BCUT2D eigenvalue weighted by molar-refractivity contribution is 0.0957. The third kappa shape index (κ3) is 4.06. The van der Waals surface area contributed by atoms with Crippen LogP contribution in [0.3, 0.4) is 0 Å². The lowest BCUT2D eigenvalue weighted by Gasteiger charge is -2.18. The molecule has 0 aromatic rings. The number of aliphatic hydroxyl groups is 1. The Kier molecular flexibility index (Phi) is 5.97. The third-order valence-electron chi connectivity index (χ3n) is 2.18. The largest absolute Gasteiger partial charge is 0.393 e. The molecule has 1 nitrogen and oxygen atoms in total. The lowest BCUT2D eigenvalue weighted by atomic mass is 9.94. The Hall–Kier alpha value is -0.480. The van der Waals surface area contributed by atoms with Gasteiger partial charge in [-0.25, -0.2) is 0 Å². The van der Waals surface area contributed by atoms with Gasteiger partial charge in [0.25, 0.3) is 0 Å². The number of hydrogen-bond acceptors (Lipinski definition) is 1. The van der Waals surface area contributed by atoms with Gasteiger partial charge in [0, 0.05) is 6.42 Å². The van der Waals surface area contributed by atoms with Crippen LogP contribution in [0.2, 0.25) is 0 Å². The fraction of sp³-hybridized carbons (Fsp3) is 0.800. The van der Waals surface area contributed by atoms with Crippen LogP contribution in [0.1, 0.15) is 39.5 Å². The van der Waals surface area contributed by atoms with E-state index in [4.69, 9.17) is 6.42 Å². The van der Waals surface area contributed by atoms with E-state index in [0.717, 1.165) is 19.3 Å². The molecule has 0 bridgehead atoms. The first kappa shape index (κ1) is 10.5. The Balaban J connectivity index is 3.61. The number of aliphatic hydroxyl groups excluding tert-OH is 1. The number of hydrogen-bond donors (Lipinski definition) is 1. The highest BCUT2D eigenvalue weighted by atomic mass is 16.3. The number of terminal acetylenes is 1. The Morgan fingerprint density at radius 3 is 2.27 bits per heavy atom. The van der Waals surface area contributed by atoms with E-state index < -0.39 is 0 Å². The van der Waals surface area contributed by atoms with Crippen molar-refractivity contribution in [3.8, 4) is 12.3 Å². The molecule has 0 heterocycles. The van der Waals surface area contributed by atoms with Crippen LogP contribution >= 0.6 is 0 Å². The molecule has 0 fully saturated rings. The van der Waals surface area contributed by atoms with E-state index in [9.17, 15) is 5.11 Å². The van der Waals surface area contributed by atoms with Gasteiger partial charge in [0.1, 0.15) is 0 Å². The molecule has 1 heteroatoms. The molecule has 0 aliphatic rings. The van der Waals surface area contributed by atoms with E-state index in [0.29, 0.717) is 12.3 Å². The average molecular weight is 154 g/mol. The average Bonchev–Trinajstić information content (AvgIpc) is 2.03. The van der Waals surface area contributed by atoms with Crippen LogP contribution in [0, 0.1) is 18.3 Å². The zero-order chi connectivity index (χ0) is 8.69. The quantitative estimate of drug-likeness (QED) is 0.602. The zero-order valence-corrected chi connectivity index (χ0v) is 7.51. The molecule has 64 valence electrons. The summed E-state index contributed by atoms with van der Waals surface area (Å²) in [5.74, 6) is 2.98. The monoisotopic (exact) mass is 154 g/mol. The van der Waals surface area contributed by atoms with Crippen molar-refractivity contribution in [3.05, 3.63) is 0 Å². The molecular formula is C10H18O. The van der Waals surface area contributed by atoms with E-state index >= 15 is 0 Å². The minimum absolute atomic E-state index is 0.193. The molecule has 0 saturated carbocycles. The van der Waals surface area contributed by atoms with Gasteiger partial charge >= 0.3 is 0 Å². The number of rotatable bonds is 5. The van der Waals surface area contributed by atoms with Crippen molar-refractivity contribution in [1.29, 1.82) is 0 Å². The Labute approximate surface area is 69.8 Å². The molecule has 11 heavy (non-hydrogen) atoms. The topological polar surface area (TPSA) is 20.2 Å². The molecule has 0 aliphatic carbocycles. The molecule has 0 amide bonds. The molecule has 1 atom stereocenters. The molecule has 0 rings (SSSR count). The third-order valence-corrected chi connectivity index (χ3v) is 2.18. The van der Waals surface area contributed by atoms with Crippen molar-refractivity contribution in [1.82, 2.24) is 0 Å². The van der Waals surface area contributed by atoms with Crippen LogP contribution in [0.15, 0.2) is 0 Å². The summed E-state index contributed by atoms with van der Waals surface area (Å²) >= 11 is 0.